The normalized spacial score (nSPS) is 15.7. The first-order valence-electron chi connectivity index (χ1n) is 9.29. The van der Waals surface area contributed by atoms with Crippen molar-refractivity contribution in [2.75, 3.05) is 63.6 Å². The van der Waals surface area contributed by atoms with E-state index in [2.05, 4.69) is 44.3 Å². The van der Waals surface area contributed by atoms with Gasteiger partial charge in [0.1, 0.15) is 11.4 Å². The van der Waals surface area contributed by atoms with E-state index < -0.39 is 0 Å². The molecule has 0 saturated carbocycles. The van der Waals surface area contributed by atoms with Crippen molar-refractivity contribution in [3.63, 3.8) is 0 Å². The van der Waals surface area contributed by atoms with E-state index in [1.165, 1.54) is 5.56 Å². The van der Waals surface area contributed by atoms with E-state index in [1.54, 1.807) is 0 Å². The zero-order chi connectivity index (χ0) is 18.5. The molecule has 6 nitrogen and oxygen atoms in total. The van der Waals surface area contributed by atoms with Gasteiger partial charge in [0.25, 0.3) is 10.9 Å². The van der Waals surface area contributed by atoms with Gasteiger partial charge in [-0.15, -0.1) is 0 Å². The van der Waals surface area contributed by atoms with Crippen LogP contribution < -0.4 is 21.1 Å². The molecule has 0 aromatic heterocycles. The van der Waals surface area contributed by atoms with Crippen LogP contribution in [-0.2, 0) is 6.54 Å². The number of piperazine rings is 1. The second-order valence-electron chi connectivity index (χ2n) is 7.21. The number of rotatable bonds is 8. The smallest absolute Gasteiger partial charge is 0.253 e. The Balaban J connectivity index is 1.54. The van der Waals surface area contributed by atoms with Crippen LogP contribution in [0.1, 0.15) is 12.0 Å². The van der Waals surface area contributed by atoms with Crippen molar-refractivity contribution in [2.45, 2.75) is 13.0 Å². The van der Waals surface area contributed by atoms with Gasteiger partial charge < -0.3 is 15.1 Å². The third-order valence-corrected chi connectivity index (χ3v) is 4.91. The van der Waals surface area contributed by atoms with E-state index in [1.807, 2.05) is 20.2 Å². The number of anilines is 2. The predicted octanol–water partition coefficient (Wildman–Crippen LogP) is 0.968. The Morgan fingerprint density at radius 1 is 1.00 bits per heavy atom. The Morgan fingerprint density at radius 3 is 2.35 bits per heavy atom. The molecule has 1 heterocycles. The maximum atomic E-state index is 12.1. The standard InChI is InChI=1S/C20H28N4O2/c1-22(2)10-6-9-21-17-18(20(26)19(17)25)24-13-11-23(12-14-24)15-16-7-4-3-5-8-16/h3-5,7-8,21H,6,9-15H2,1-2H3. The van der Waals surface area contributed by atoms with Crippen LogP contribution in [0.5, 0.6) is 0 Å². The summed E-state index contributed by atoms with van der Waals surface area (Å²) in [6.45, 7) is 5.95. The molecule has 2 aromatic carbocycles. The van der Waals surface area contributed by atoms with Crippen molar-refractivity contribution in [2.24, 2.45) is 0 Å². The first-order chi connectivity index (χ1) is 12.6. The lowest BCUT2D eigenvalue weighted by atomic mass is 10.1. The SMILES string of the molecule is CN(C)CCCNc1c(N2CCN(Cc3ccccc3)CC2)c(=O)c1=O. The summed E-state index contributed by atoms with van der Waals surface area (Å²) in [5.41, 5.74) is 1.72. The molecule has 3 rings (SSSR count). The zero-order valence-corrected chi connectivity index (χ0v) is 15.7. The van der Waals surface area contributed by atoms with Gasteiger partial charge in [0.15, 0.2) is 0 Å². The van der Waals surface area contributed by atoms with Crippen LogP contribution >= 0.6 is 0 Å². The Hall–Kier alpha value is -2.18. The van der Waals surface area contributed by atoms with Crippen molar-refractivity contribution >= 4 is 11.4 Å². The van der Waals surface area contributed by atoms with Crippen LogP contribution in [-0.4, -0.2) is 63.2 Å². The number of hydrogen-bond donors (Lipinski definition) is 1. The fourth-order valence-corrected chi connectivity index (χ4v) is 3.43. The van der Waals surface area contributed by atoms with Crippen LogP contribution in [0.2, 0.25) is 0 Å². The van der Waals surface area contributed by atoms with E-state index in [9.17, 15) is 9.59 Å². The second kappa shape index (κ2) is 8.47. The van der Waals surface area contributed by atoms with Crippen LogP contribution in [0.15, 0.2) is 39.9 Å². The number of benzene rings is 1. The molecule has 140 valence electrons. The Bertz CT molecular complexity index is 773. The van der Waals surface area contributed by atoms with Gasteiger partial charge in [-0.1, -0.05) is 30.3 Å². The Labute approximate surface area is 154 Å². The molecule has 1 fully saturated rings. The molecular formula is C20H28N4O2. The fourth-order valence-electron chi connectivity index (χ4n) is 3.43. The summed E-state index contributed by atoms with van der Waals surface area (Å²) >= 11 is 0. The summed E-state index contributed by atoms with van der Waals surface area (Å²) in [6, 6.07) is 10.4. The molecular weight excluding hydrogens is 328 g/mol. The Morgan fingerprint density at radius 2 is 1.69 bits per heavy atom. The molecule has 2 aromatic rings. The first kappa shape index (κ1) is 18.6. The average Bonchev–Trinajstić information content (AvgIpc) is 2.65. The molecule has 0 spiro atoms. The molecule has 0 atom stereocenters. The molecule has 26 heavy (non-hydrogen) atoms. The highest BCUT2D eigenvalue weighted by molar-refractivity contribution is 5.75. The topological polar surface area (TPSA) is 55.9 Å². The van der Waals surface area contributed by atoms with Crippen molar-refractivity contribution < 1.29 is 0 Å². The van der Waals surface area contributed by atoms with Gasteiger partial charge in [0.05, 0.1) is 0 Å². The Kier molecular flexibility index (Phi) is 6.06. The second-order valence-corrected chi connectivity index (χ2v) is 7.21. The molecule has 1 N–H and O–H groups in total. The maximum absolute atomic E-state index is 12.1. The third-order valence-electron chi connectivity index (χ3n) is 4.91. The van der Waals surface area contributed by atoms with E-state index in [-0.39, 0.29) is 10.9 Å². The zero-order valence-electron chi connectivity index (χ0n) is 15.7. The van der Waals surface area contributed by atoms with Gasteiger partial charge in [-0.05, 0) is 32.6 Å². The molecule has 0 radical (unpaired) electrons. The van der Waals surface area contributed by atoms with E-state index in [4.69, 9.17) is 0 Å². The van der Waals surface area contributed by atoms with Crippen molar-refractivity contribution in [1.82, 2.24) is 9.80 Å². The lowest BCUT2D eigenvalue weighted by Gasteiger charge is -2.37. The van der Waals surface area contributed by atoms with Gasteiger partial charge >= 0.3 is 0 Å². The van der Waals surface area contributed by atoms with E-state index in [0.29, 0.717) is 17.9 Å². The molecule has 0 amide bonds. The van der Waals surface area contributed by atoms with E-state index in [0.717, 1.165) is 45.7 Å². The minimum absolute atomic E-state index is 0.336. The molecule has 1 aliphatic rings. The lowest BCUT2D eigenvalue weighted by molar-refractivity contribution is 0.249. The largest absolute Gasteiger partial charge is 0.380 e. The molecule has 0 bridgehead atoms. The van der Waals surface area contributed by atoms with Crippen LogP contribution in [0.3, 0.4) is 0 Å². The minimum Gasteiger partial charge on any atom is -0.380 e. The van der Waals surface area contributed by atoms with Crippen molar-refractivity contribution in [1.29, 1.82) is 0 Å². The quantitative estimate of drug-likeness (QED) is 0.562. The van der Waals surface area contributed by atoms with Crippen LogP contribution in [0.4, 0.5) is 11.4 Å². The van der Waals surface area contributed by atoms with Gasteiger partial charge in [-0.25, -0.2) is 0 Å². The average molecular weight is 356 g/mol. The monoisotopic (exact) mass is 356 g/mol. The summed E-state index contributed by atoms with van der Waals surface area (Å²) in [5.74, 6) is 0. The number of nitrogens with zero attached hydrogens (tertiary/aromatic N) is 3. The number of nitrogens with one attached hydrogen (secondary N) is 1. The van der Waals surface area contributed by atoms with Gasteiger partial charge in [0.2, 0.25) is 0 Å². The summed E-state index contributed by atoms with van der Waals surface area (Å²) in [5, 5.41) is 3.18. The highest BCUT2D eigenvalue weighted by Crippen LogP contribution is 2.22. The number of hydrogen-bond acceptors (Lipinski definition) is 6. The van der Waals surface area contributed by atoms with Gasteiger partial charge in [0, 0.05) is 39.3 Å². The van der Waals surface area contributed by atoms with Crippen LogP contribution in [0.25, 0.3) is 0 Å². The molecule has 6 heteroatoms. The highest BCUT2D eigenvalue weighted by atomic mass is 16.2. The maximum Gasteiger partial charge on any atom is 0.253 e. The molecule has 0 aliphatic carbocycles. The van der Waals surface area contributed by atoms with Crippen molar-refractivity contribution in [3.8, 4) is 0 Å². The predicted molar refractivity (Wildman–Crippen MR) is 107 cm³/mol. The van der Waals surface area contributed by atoms with Crippen molar-refractivity contribution in [3.05, 3.63) is 56.3 Å². The van der Waals surface area contributed by atoms with Crippen LogP contribution in [0, 0.1) is 0 Å². The summed E-state index contributed by atoms with van der Waals surface area (Å²) < 4.78 is 0. The lowest BCUT2D eigenvalue weighted by Crippen LogP contribution is -2.51. The molecule has 1 aliphatic heterocycles. The van der Waals surface area contributed by atoms with Gasteiger partial charge in [-0.3, -0.25) is 14.5 Å². The van der Waals surface area contributed by atoms with E-state index >= 15 is 0 Å². The van der Waals surface area contributed by atoms with Gasteiger partial charge in [-0.2, -0.15) is 0 Å². The molecule has 0 unspecified atom stereocenters. The first-order valence-corrected chi connectivity index (χ1v) is 9.29. The fraction of sp³-hybridized carbons (Fsp3) is 0.500. The summed E-state index contributed by atoms with van der Waals surface area (Å²) in [7, 11) is 4.05. The summed E-state index contributed by atoms with van der Waals surface area (Å²) in [6.07, 6.45) is 0.941. The molecule has 1 saturated heterocycles. The third kappa shape index (κ3) is 4.31. The minimum atomic E-state index is -0.364. The highest BCUT2D eigenvalue weighted by Gasteiger charge is 2.28. The summed E-state index contributed by atoms with van der Waals surface area (Å²) in [4.78, 5) is 30.6.